The van der Waals surface area contributed by atoms with E-state index in [2.05, 4.69) is 0 Å². The number of carbonyl (C=O) groups is 2. The summed E-state index contributed by atoms with van der Waals surface area (Å²) in [6.45, 7) is 4.09. The van der Waals surface area contributed by atoms with Crippen LogP contribution in [0.1, 0.15) is 54.6 Å². The van der Waals surface area contributed by atoms with Gasteiger partial charge < -0.3 is 10.0 Å². The van der Waals surface area contributed by atoms with E-state index in [1.54, 1.807) is 0 Å². The van der Waals surface area contributed by atoms with Crippen LogP contribution in [0.25, 0.3) is 10.9 Å². The molecule has 1 aromatic heterocycles. The number of nitrogens with zero attached hydrogens (tertiary/aromatic N) is 3. The van der Waals surface area contributed by atoms with Gasteiger partial charge in [-0.3, -0.25) is 19.5 Å². The van der Waals surface area contributed by atoms with E-state index in [0.29, 0.717) is 25.6 Å². The van der Waals surface area contributed by atoms with E-state index >= 15 is 0 Å². The number of piperidine rings is 1. The van der Waals surface area contributed by atoms with Crippen molar-refractivity contribution >= 4 is 22.8 Å². The van der Waals surface area contributed by atoms with Gasteiger partial charge >= 0.3 is 5.97 Å². The SMILES string of the molecule is CCN(CC(=O)O)C1CCN(C(=O)c2cc(C3CC3)nc3ccccc23)CC1. The number of aromatic nitrogens is 1. The Labute approximate surface area is 165 Å². The van der Waals surface area contributed by atoms with Gasteiger partial charge in [0.1, 0.15) is 0 Å². The summed E-state index contributed by atoms with van der Waals surface area (Å²) < 4.78 is 0. The average molecular weight is 381 g/mol. The number of pyridine rings is 1. The van der Waals surface area contributed by atoms with Gasteiger partial charge in [-0.15, -0.1) is 0 Å². The summed E-state index contributed by atoms with van der Waals surface area (Å²) in [7, 11) is 0. The maximum Gasteiger partial charge on any atom is 0.317 e. The van der Waals surface area contributed by atoms with Crippen molar-refractivity contribution in [1.82, 2.24) is 14.8 Å². The Morgan fingerprint density at radius 2 is 1.89 bits per heavy atom. The maximum absolute atomic E-state index is 13.3. The molecule has 4 rings (SSSR count). The highest BCUT2D eigenvalue weighted by Gasteiger charge is 2.30. The zero-order chi connectivity index (χ0) is 19.7. The normalized spacial score (nSPS) is 18.0. The molecule has 2 heterocycles. The smallest absolute Gasteiger partial charge is 0.317 e. The molecule has 1 saturated heterocycles. The molecule has 28 heavy (non-hydrogen) atoms. The highest BCUT2D eigenvalue weighted by Crippen LogP contribution is 2.40. The van der Waals surface area contributed by atoms with Crippen molar-refractivity contribution in [3.8, 4) is 0 Å². The molecule has 0 spiro atoms. The molecule has 148 valence electrons. The lowest BCUT2D eigenvalue weighted by Crippen LogP contribution is -2.48. The first-order valence-electron chi connectivity index (χ1n) is 10.2. The molecule has 6 heteroatoms. The second kappa shape index (κ2) is 7.87. The molecule has 1 saturated carbocycles. The molecular weight excluding hydrogens is 354 g/mol. The third kappa shape index (κ3) is 3.87. The number of para-hydroxylation sites is 1. The van der Waals surface area contributed by atoms with E-state index in [-0.39, 0.29) is 18.5 Å². The Kier molecular flexibility index (Phi) is 5.31. The van der Waals surface area contributed by atoms with E-state index in [0.717, 1.165) is 47.8 Å². The second-order valence-electron chi connectivity index (χ2n) is 7.87. The van der Waals surface area contributed by atoms with Crippen LogP contribution in [-0.4, -0.2) is 64.0 Å². The summed E-state index contributed by atoms with van der Waals surface area (Å²) >= 11 is 0. The zero-order valence-corrected chi connectivity index (χ0v) is 16.3. The van der Waals surface area contributed by atoms with E-state index in [4.69, 9.17) is 10.1 Å². The molecule has 0 atom stereocenters. The summed E-state index contributed by atoms with van der Waals surface area (Å²) in [6.07, 6.45) is 3.93. The van der Waals surface area contributed by atoms with Gasteiger partial charge in [-0.25, -0.2) is 0 Å². The van der Waals surface area contributed by atoms with Crippen molar-refractivity contribution in [3.05, 3.63) is 41.6 Å². The first-order chi connectivity index (χ1) is 13.6. The Hall–Kier alpha value is -2.47. The van der Waals surface area contributed by atoms with E-state index < -0.39 is 5.97 Å². The zero-order valence-electron chi connectivity index (χ0n) is 16.3. The Balaban J connectivity index is 1.52. The van der Waals surface area contributed by atoms with Gasteiger partial charge in [0, 0.05) is 36.1 Å². The summed E-state index contributed by atoms with van der Waals surface area (Å²) in [5, 5.41) is 10.0. The van der Waals surface area contributed by atoms with Gasteiger partial charge in [0.2, 0.25) is 0 Å². The lowest BCUT2D eigenvalue weighted by Gasteiger charge is -2.37. The molecule has 0 bridgehead atoms. The fourth-order valence-electron chi connectivity index (χ4n) is 4.24. The number of likely N-dealkylation sites (tertiary alicyclic amines) is 1. The highest BCUT2D eigenvalue weighted by atomic mass is 16.4. The van der Waals surface area contributed by atoms with E-state index in [1.165, 1.54) is 0 Å². The number of benzene rings is 1. The van der Waals surface area contributed by atoms with Crippen LogP contribution in [0.5, 0.6) is 0 Å². The number of carboxylic acid groups (broad SMARTS) is 1. The molecular formula is C22H27N3O3. The average Bonchev–Trinajstić information content (AvgIpc) is 3.56. The number of hydrogen-bond acceptors (Lipinski definition) is 4. The molecule has 1 aliphatic heterocycles. The highest BCUT2D eigenvalue weighted by molar-refractivity contribution is 6.06. The summed E-state index contributed by atoms with van der Waals surface area (Å²) in [4.78, 5) is 33.1. The van der Waals surface area contributed by atoms with Crippen LogP contribution in [-0.2, 0) is 4.79 Å². The summed E-state index contributed by atoms with van der Waals surface area (Å²) in [5.74, 6) is -0.229. The van der Waals surface area contributed by atoms with Crippen molar-refractivity contribution in [3.63, 3.8) is 0 Å². The molecule has 2 aromatic rings. The fraction of sp³-hybridized carbons (Fsp3) is 0.500. The van der Waals surface area contributed by atoms with Gasteiger partial charge in [-0.1, -0.05) is 25.1 Å². The largest absolute Gasteiger partial charge is 0.480 e. The van der Waals surface area contributed by atoms with Crippen molar-refractivity contribution in [2.75, 3.05) is 26.2 Å². The van der Waals surface area contributed by atoms with Crippen LogP contribution in [0.3, 0.4) is 0 Å². The molecule has 0 radical (unpaired) electrons. The molecule has 2 aliphatic rings. The number of amides is 1. The van der Waals surface area contributed by atoms with Gasteiger partial charge in [-0.05, 0) is 44.4 Å². The number of hydrogen-bond donors (Lipinski definition) is 1. The van der Waals surface area contributed by atoms with Crippen LogP contribution in [0.4, 0.5) is 0 Å². The van der Waals surface area contributed by atoms with Gasteiger partial charge in [0.25, 0.3) is 5.91 Å². The Morgan fingerprint density at radius 3 is 2.54 bits per heavy atom. The maximum atomic E-state index is 13.3. The van der Waals surface area contributed by atoms with Crippen molar-refractivity contribution in [2.45, 2.75) is 44.6 Å². The third-order valence-electron chi connectivity index (χ3n) is 5.97. The van der Waals surface area contributed by atoms with Gasteiger partial charge in [-0.2, -0.15) is 0 Å². The van der Waals surface area contributed by atoms with Crippen molar-refractivity contribution in [2.24, 2.45) is 0 Å². The Bertz CT molecular complexity index is 886. The van der Waals surface area contributed by atoms with Crippen LogP contribution in [0.2, 0.25) is 0 Å². The molecule has 1 amide bonds. The van der Waals surface area contributed by atoms with Gasteiger partial charge in [0.15, 0.2) is 0 Å². The van der Waals surface area contributed by atoms with Crippen LogP contribution in [0.15, 0.2) is 30.3 Å². The predicted molar refractivity (Wildman–Crippen MR) is 108 cm³/mol. The number of carboxylic acids is 1. The molecule has 1 aliphatic carbocycles. The van der Waals surface area contributed by atoms with Crippen molar-refractivity contribution < 1.29 is 14.7 Å². The molecule has 6 nitrogen and oxygen atoms in total. The van der Waals surface area contributed by atoms with Crippen LogP contribution < -0.4 is 0 Å². The quantitative estimate of drug-likeness (QED) is 0.832. The minimum absolute atomic E-state index is 0.0643. The Morgan fingerprint density at radius 1 is 1.18 bits per heavy atom. The first kappa shape index (κ1) is 18.9. The monoisotopic (exact) mass is 381 g/mol. The molecule has 0 unspecified atom stereocenters. The van der Waals surface area contributed by atoms with E-state index in [1.807, 2.05) is 47.1 Å². The lowest BCUT2D eigenvalue weighted by molar-refractivity contribution is -0.139. The number of aliphatic carboxylic acids is 1. The van der Waals surface area contributed by atoms with Crippen LogP contribution >= 0.6 is 0 Å². The van der Waals surface area contributed by atoms with E-state index in [9.17, 15) is 9.59 Å². The minimum Gasteiger partial charge on any atom is -0.480 e. The van der Waals surface area contributed by atoms with Crippen molar-refractivity contribution in [1.29, 1.82) is 0 Å². The third-order valence-corrected chi connectivity index (χ3v) is 5.97. The molecule has 1 aromatic carbocycles. The lowest BCUT2D eigenvalue weighted by atomic mass is 10.00. The number of fused-ring (bicyclic) bond motifs is 1. The number of likely N-dealkylation sites (N-methyl/N-ethyl adjacent to an activating group) is 1. The number of carbonyl (C=O) groups excluding carboxylic acids is 1. The fourth-order valence-corrected chi connectivity index (χ4v) is 4.24. The van der Waals surface area contributed by atoms with Gasteiger partial charge in [0.05, 0.1) is 17.6 Å². The first-order valence-corrected chi connectivity index (χ1v) is 10.2. The molecule has 2 fully saturated rings. The van der Waals surface area contributed by atoms with Crippen LogP contribution in [0, 0.1) is 0 Å². The predicted octanol–water partition coefficient (Wildman–Crippen LogP) is 3.12. The summed E-state index contributed by atoms with van der Waals surface area (Å²) in [6, 6.07) is 10.1. The number of rotatable bonds is 6. The standard InChI is InChI=1S/C22H27N3O3/c1-2-24(14-21(26)27)16-9-11-25(12-10-16)22(28)18-13-20(15-7-8-15)23-19-6-4-3-5-17(18)19/h3-6,13,15-16H,2,7-12,14H2,1H3,(H,26,27). The minimum atomic E-state index is -0.795. The summed E-state index contributed by atoms with van der Waals surface area (Å²) in [5.41, 5.74) is 2.68. The topological polar surface area (TPSA) is 73.7 Å². The molecule has 1 N–H and O–H groups in total. The second-order valence-corrected chi connectivity index (χ2v) is 7.87.